The monoisotopic (exact) mass is 271 g/mol. The normalized spacial score (nSPS) is 10.3. The molecule has 3 rings (SSSR count). The quantitative estimate of drug-likeness (QED) is 0.773. The first kappa shape index (κ1) is 11.4. The molecule has 1 aromatic carbocycles. The zero-order valence-electron chi connectivity index (χ0n) is 9.46. The van der Waals surface area contributed by atoms with Crippen LogP contribution in [0.3, 0.4) is 0 Å². The van der Waals surface area contributed by atoms with Crippen LogP contribution in [0.2, 0.25) is 5.02 Å². The second kappa shape index (κ2) is 4.55. The minimum absolute atomic E-state index is 0.222. The molecule has 0 radical (unpaired) electrons. The van der Waals surface area contributed by atoms with E-state index in [1.807, 2.05) is 18.2 Å². The molecule has 0 aliphatic heterocycles. The fourth-order valence-electron chi connectivity index (χ4n) is 1.62. The fraction of sp³-hybridized carbons (Fsp3) is 0. The maximum atomic E-state index is 8.90. The summed E-state index contributed by atoms with van der Waals surface area (Å²) in [5.74, 6) is 0.589. The number of hydrogen-bond donors (Lipinski definition) is 1. The Morgan fingerprint density at radius 2 is 2.11 bits per heavy atom. The Morgan fingerprint density at radius 1 is 1.26 bits per heavy atom. The molecular weight excluding hydrogens is 266 g/mol. The second-order valence-corrected chi connectivity index (χ2v) is 4.08. The molecule has 0 saturated heterocycles. The molecule has 0 spiro atoms. The van der Waals surface area contributed by atoms with Crippen LogP contribution < -0.4 is 0 Å². The highest BCUT2D eigenvalue weighted by Gasteiger charge is 2.16. The van der Waals surface area contributed by atoms with E-state index in [9.17, 15) is 0 Å². The average molecular weight is 272 g/mol. The maximum absolute atomic E-state index is 8.90. The number of nitriles is 1. The van der Waals surface area contributed by atoms with Crippen molar-refractivity contribution in [3.63, 3.8) is 0 Å². The highest BCUT2D eigenvalue weighted by atomic mass is 35.5. The molecule has 19 heavy (non-hydrogen) atoms. The molecule has 0 atom stereocenters. The van der Waals surface area contributed by atoms with Gasteiger partial charge >= 0.3 is 0 Å². The molecule has 2 heterocycles. The topological polar surface area (TPSA) is 91.4 Å². The van der Waals surface area contributed by atoms with Gasteiger partial charge in [0.2, 0.25) is 5.82 Å². The SMILES string of the molecule is N#Cc1[nH]ncc1-c1nc(-c2ccccc2Cl)no1. The lowest BCUT2D eigenvalue weighted by Gasteiger charge is -1.95. The number of rotatable bonds is 2. The van der Waals surface area contributed by atoms with Crippen molar-refractivity contribution in [3.05, 3.63) is 41.2 Å². The van der Waals surface area contributed by atoms with Gasteiger partial charge in [0, 0.05) is 5.56 Å². The number of halogens is 1. The molecule has 3 aromatic rings. The Bertz CT molecular complexity index is 754. The van der Waals surface area contributed by atoms with Gasteiger partial charge in [-0.2, -0.15) is 15.3 Å². The Labute approximate surface area is 112 Å². The van der Waals surface area contributed by atoms with E-state index in [1.54, 1.807) is 12.1 Å². The average Bonchev–Trinajstić information content (AvgIpc) is 3.07. The Hall–Kier alpha value is -2.65. The third-order valence-electron chi connectivity index (χ3n) is 2.52. The first-order valence-electron chi connectivity index (χ1n) is 5.32. The van der Waals surface area contributed by atoms with E-state index in [2.05, 4.69) is 20.3 Å². The summed E-state index contributed by atoms with van der Waals surface area (Å²) < 4.78 is 5.13. The summed E-state index contributed by atoms with van der Waals surface area (Å²) in [5, 5.41) is 19.6. The maximum Gasteiger partial charge on any atom is 0.262 e. The van der Waals surface area contributed by atoms with Crippen molar-refractivity contribution in [1.29, 1.82) is 5.26 Å². The molecular formula is C12H6ClN5O. The van der Waals surface area contributed by atoms with E-state index in [-0.39, 0.29) is 11.6 Å². The van der Waals surface area contributed by atoms with Crippen molar-refractivity contribution in [3.8, 4) is 28.9 Å². The molecule has 0 amide bonds. The zero-order valence-corrected chi connectivity index (χ0v) is 10.2. The molecule has 0 unspecified atom stereocenters. The molecule has 2 aromatic heterocycles. The largest absolute Gasteiger partial charge is 0.333 e. The van der Waals surface area contributed by atoms with Crippen molar-refractivity contribution >= 4 is 11.6 Å². The number of benzene rings is 1. The number of nitrogens with zero attached hydrogens (tertiary/aromatic N) is 4. The van der Waals surface area contributed by atoms with Crippen LogP contribution in [0.4, 0.5) is 0 Å². The van der Waals surface area contributed by atoms with Crippen molar-refractivity contribution in [1.82, 2.24) is 20.3 Å². The molecule has 0 saturated carbocycles. The summed E-state index contributed by atoms with van der Waals surface area (Å²) >= 11 is 6.06. The molecule has 7 heteroatoms. The molecule has 0 fully saturated rings. The predicted molar refractivity (Wildman–Crippen MR) is 67.0 cm³/mol. The Kier molecular flexibility index (Phi) is 2.74. The van der Waals surface area contributed by atoms with Crippen LogP contribution in [0.5, 0.6) is 0 Å². The summed E-state index contributed by atoms with van der Waals surface area (Å²) in [6.07, 6.45) is 1.46. The van der Waals surface area contributed by atoms with E-state index >= 15 is 0 Å². The number of nitrogens with one attached hydrogen (secondary N) is 1. The first-order chi connectivity index (χ1) is 9.29. The van der Waals surface area contributed by atoms with Crippen molar-refractivity contribution < 1.29 is 4.52 Å². The number of aromatic nitrogens is 4. The Morgan fingerprint density at radius 3 is 2.89 bits per heavy atom. The van der Waals surface area contributed by atoms with Crippen LogP contribution in [0.1, 0.15) is 5.69 Å². The van der Waals surface area contributed by atoms with Crippen molar-refractivity contribution in [2.75, 3.05) is 0 Å². The van der Waals surface area contributed by atoms with Gasteiger partial charge in [-0.05, 0) is 12.1 Å². The first-order valence-corrected chi connectivity index (χ1v) is 5.70. The summed E-state index contributed by atoms with van der Waals surface area (Å²) in [7, 11) is 0. The lowest BCUT2D eigenvalue weighted by atomic mass is 10.2. The highest BCUT2D eigenvalue weighted by Crippen LogP contribution is 2.27. The van der Waals surface area contributed by atoms with Crippen LogP contribution in [-0.4, -0.2) is 20.3 Å². The summed E-state index contributed by atoms with van der Waals surface area (Å²) in [5.41, 5.74) is 1.41. The van der Waals surface area contributed by atoms with Gasteiger partial charge in [-0.1, -0.05) is 28.9 Å². The van der Waals surface area contributed by atoms with E-state index < -0.39 is 0 Å². The minimum atomic E-state index is 0.222. The molecule has 92 valence electrons. The summed E-state index contributed by atoms with van der Waals surface area (Å²) in [6, 6.07) is 9.14. The van der Waals surface area contributed by atoms with Gasteiger partial charge in [-0.15, -0.1) is 0 Å². The zero-order chi connectivity index (χ0) is 13.2. The number of hydrogen-bond acceptors (Lipinski definition) is 5. The molecule has 0 bridgehead atoms. The van der Waals surface area contributed by atoms with Crippen LogP contribution in [0.15, 0.2) is 35.0 Å². The minimum Gasteiger partial charge on any atom is -0.333 e. The molecule has 6 nitrogen and oxygen atoms in total. The van der Waals surface area contributed by atoms with E-state index in [0.29, 0.717) is 22.0 Å². The van der Waals surface area contributed by atoms with Crippen LogP contribution in [-0.2, 0) is 0 Å². The fourth-order valence-corrected chi connectivity index (χ4v) is 1.84. The van der Waals surface area contributed by atoms with E-state index in [1.165, 1.54) is 6.20 Å². The Balaban J connectivity index is 2.06. The predicted octanol–water partition coefficient (Wildman–Crippen LogP) is 2.65. The molecule has 0 aliphatic carbocycles. The van der Waals surface area contributed by atoms with Gasteiger partial charge in [0.1, 0.15) is 11.8 Å². The van der Waals surface area contributed by atoms with E-state index in [0.717, 1.165) is 0 Å². The smallest absolute Gasteiger partial charge is 0.262 e. The third-order valence-corrected chi connectivity index (χ3v) is 2.85. The van der Waals surface area contributed by atoms with Gasteiger partial charge in [0.05, 0.1) is 16.8 Å². The van der Waals surface area contributed by atoms with Gasteiger partial charge < -0.3 is 4.52 Å². The lowest BCUT2D eigenvalue weighted by Crippen LogP contribution is -1.83. The second-order valence-electron chi connectivity index (χ2n) is 3.67. The van der Waals surface area contributed by atoms with Crippen LogP contribution >= 0.6 is 11.6 Å². The van der Waals surface area contributed by atoms with Crippen molar-refractivity contribution in [2.24, 2.45) is 0 Å². The van der Waals surface area contributed by atoms with Crippen molar-refractivity contribution in [2.45, 2.75) is 0 Å². The van der Waals surface area contributed by atoms with Gasteiger partial charge in [-0.25, -0.2) is 0 Å². The van der Waals surface area contributed by atoms with Gasteiger partial charge in [0.15, 0.2) is 0 Å². The lowest BCUT2D eigenvalue weighted by molar-refractivity contribution is 0.432. The number of H-pyrrole nitrogens is 1. The third kappa shape index (κ3) is 1.96. The summed E-state index contributed by atoms with van der Waals surface area (Å²) in [6.45, 7) is 0. The number of aromatic amines is 1. The standard InChI is InChI=1S/C12H6ClN5O/c13-9-4-2-1-3-7(9)11-16-12(19-18-11)8-6-15-17-10(8)5-14/h1-4,6H,(H,15,17). The van der Waals surface area contributed by atoms with Crippen LogP contribution in [0, 0.1) is 11.3 Å². The highest BCUT2D eigenvalue weighted by molar-refractivity contribution is 6.33. The van der Waals surface area contributed by atoms with Gasteiger partial charge in [-0.3, -0.25) is 5.10 Å². The van der Waals surface area contributed by atoms with E-state index in [4.69, 9.17) is 21.4 Å². The van der Waals surface area contributed by atoms with Gasteiger partial charge in [0.25, 0.3) is 5.89 Å². The molecule has 0 aliphatic rings. The van der Waals surface area contributed by atoms with Crippen LogP contribution in [0.25, 0.3) is 22.8 Å². The summed E-state index contributed by atoms with van der Waals surface area (Å²) in [4.78, 5) is 4.22. The molecule has 1 N–H and O–H groups in total.